The molecule has 82 valence electrons. The van der Waals surface area contributed by atoms with Crippen LogP contribution in [-0.4, -0.2) is 9.91 Å². The van der Waals surface area contributed by atoms with Crippen molar-refractivity contribution in [3.63, 3.8) is 0 Å². The SMILES string of the molecule is O=[N+]([O-])c1nc(C(F)F)cc(CCl)c1I. The highest BCUT2D eigenvalue weighted by atomic mass is 127. The number of rotatable bonds is 3. The van der Waals surface area contributed by atoms with Crippen molar-refractivity contribution in [1.82, 2.24) is 4.98 Å². The lowest BCUT2D eigenvalue weighted by Crippen LogP contribution is -2.03. The molecule has 0 radical (unpaired) electrons. The van der Waals surface area contributed by atoms with E-state index in [4.69, 9.17) is 11.6 Å². The molecule has 1 aromatic heterocycles. The molecular formula is C7H4ClF2IN2O2. The molecule has 15 heavy (non-hydrogen) atoms. The second-order valence-electron chi connectivity index (χ2n) is 2.54. The van der Waals surface area contributed by atoms with Crippen LogP contribution in [0.5, 0.6) is 0 Å². The quantitative estimate of drug-likeness (QED) is 0.365. The molecule has 0 bridgehead atoms. The molecule has 1 rings (SSSR count). The average Bonchev–Trinajstić information content (AvgIpc) is 2.17. The second-order valence-corrected chi connectivity index (χ2v) is 3.88. The summed E-state index contributed by atoms with van der Waals surface area (Å²) >= 11 is 7.15. The highest BCUT2D eigenvalue weighted by Crippen LogP contribution is 2.28. The van der Waals surface area contributed by atoms with Gasteiger partial charge < -0.3 is 10.1 Å². The van der Waals surface area contributed by atoms with Gasteiger partial charge >= 0.3 is 12.2 Å². The second kappa shape index (κ2) is 4.97. The molecule has 4 nitrogen and oxygen atoms in total. The Bertz CT molecular complexity index is 403. The molecule has 0 aliphatic rings. The number of aromatic nitrogens is 1. The number of nitrogens with zero attached hydrogens (tertiary/aromatic N) is 2. The van der Waals surface area contributed by atoms with Crippen molar-refractivity contribution in [1.29, 1.82) is 0 Å². The van der Waals surface area contributed by atoms with Gasteiger partial charge in [0.25, 0.3) is 0 Å². The number of alkyl halides is 3. The first-order chi connectivity index (χ1) is 6.97. The Kier molecular flexibility index (Phi) is 4.14. The largest absolute Gasteiger partial charge is 0.377 e. The van der Waals surface area contributed by atoms with Crippen LogP contribution in [0, 0.1) is 13.7 Å². The van der Waals surface area contributed by atoms with E-state index in [1.807, 2.05) is 0 Å². The molecule has 0 atom stereocenters. The molecule has 1 heterocycles. The molecule has 0 fully saturated rings. The minimum atomic E-state index is -2.84. The van der Waals surface area contributed by atoms with Crippen LogP contribution in [-0.2, 0) is 5.88 Å². The maximum absolute atomic E-state index is 12.3. The molecule has 0 spiro atoms. The van der Waals surface area contributed by atoms with Crippen molar-refractivity contribution in [2.75, 3.05) is 0 Å². The van der Waals surface area contributed by atoms with E-state index in [-0.39, 0.29) is 15.0 Å². The Morgan fingerprint density at radius 1 is 1.67 bits per heavy atom. The summed E-state index contributed by atoms with van der Waals surface area (Å²) in [5.41, 5.74) is -0.341. The summed E-state index contributed by atoms with van der Waals surface area (Å²) in [6, 6.07) is 1.08. The van der Waals surface area contributed by atoms with Gasteiger partial charge in [0.2, 0.25) is 5.69 Å². The van der Waals surface area contributed by atoms with E-state index >= 15 is 0 Å². The summed E-state index contributed by atoms with van der Waals surface area (Å²) < 4.78 is 24.8. The normalized spacial score (nSPS) is 10.7. The molecule has 0 unspecified atom stereocenters. The fourth-order valence-corrected chi connectivity index (χ4v) is 2.02. The monoisotopic (exact) mass is 348 g/mol. The Hall–Kier alpha value is -0.570. The van der Waals surface area contributed by atoms with Gasteiger partial charge in [0.15, 0.2) is 0 Å². The summed E-state index contributed by atoms with van der Waals surface area (Å²) in [4.78, 5) is 13.0. The first kappa shape index (κ1) is 12.5. The number of pyridine rings is 1. The summed E-state index contributed by atoms with van der Waals surface area (Å²) in [7, 11) is 0. The van der Waals surface area contributed by atoms with Crippen LogP contribution in [0.25, 0.3) is 0 Å². The van der Waals surface area contributed by atoms with E-state index < -0.39 is 22.9 Å². The van der Waals surface area contributed by atoms with Crippen molar-refractivity contribution in [3.8, 4) is 0 Å². The predicted octanol–water partition coefficient (Wildman–Crippen LogP) is 3.27. The summed E-state index contributed by atoms with van der Waals surface area (Å²) in [5.74, 6) is -0.648. The Morgan fingerprint density at radius 2 is 2.27 bits per heavy atom. The van der Waals surface area contributed by atoms with E-state index in [9.17, 15) is 18.9 Å². The van der Waals surface area contributed by atoms with Gasteiger partial charge in [-0.2, -0.15) is 0 Å². The van der Waals surface area contributed by atoms with Crippen LogP contribution < -0.4 is 0 Å². The lowest BCUT2D eigenvalue weighted by Gasteiger charge is -2.02. The molecule has 0 amide bonds. The van der Waals surface area contributed by atoms with Gasteiger partial charge in [-0.25, -0.2) is 8.78 Å². The number of halogens is 4. The van der Waals surface area contributed by atoms with Crippen molar-refractivity contribution in [2.24, 2.45) is 0 Å². The maximum Gasteiger partial charge on any atom is 0.377 e. The first-order valence-electron chi connectivity index (χ1n) is 3.65. The lowest BCUT2D eigenvalue weighted by atomic mass is 10.2. The third-order valence-corrected chi connectivity index (χ3v) is 3.04. The number of hydrogen-bond acceptors (Lipinski definition) is 3. The standard InChI is InChI=1S/C7H4ClF2IN2O2/c8-2-3-1-4(6(9)10)12-7(5(3)11)13(14)15/h1,6H,2H2. The van der Waals surface area contributed by atoms with E-state index in [1.54, 1.807) is 22.6 Å². The molecule has 0 saturated carbocycles. The molecular weight excluding hydrogens is 344 g/mol. The highest BCUT2D eigenvalue weighted by Gasteiger charge is 2.24. The smallest absolute Gasteiger partial charge is 0.358 e. The van der Waals surface area contributed by atoms with Gasteiger partial charge in [-0.15, -0.1) is 11.6 Å². The van der Waals surface area contributed by atoms with Crippen LogP contribution in [0.3, 0.4) is 0 Å². The maximum atomic E-state index is 12.3. The van der Waals surface area contributed by atoms with Gasteiger partial charge in [0.1, 0.15) is 3.57 Å². The van der Waals surface area contributed by atoms with Crippen molar-refractivity contribution < 1.29 is 13.7 Å². The zero-order valence-electron chi connectivity index (χ0n) is 7.08. The Morgan fingerprint density at radius 3 is 2.67 bits per heavy atom. The number of hydrogen-bond donors (Lipinski definition) is 0. The van der Waals surface area contributed by atoms with Gasteiger partial charge in [0.05, 0.1) is 0 Å². The molecule has 8 heteroatoms. The predicted molar refractivity (Wildman–Crippen MR) is 58.1 cm³/mol. The molecule has 0 N–H and O–H groups in total. The van der Waals surface area contributed by atoms with Gasteiger partial charge in [-0.3, -0.25) is 0 Å². The summed E-state index contributed by atoms with van der Waals surface area (Å²) in [5, 5.41) is 10.5. The van der Waals surface area contributed by atoms with E-state index in [2.05, 4.69) is 4.98 Å². The van der Waals surface area contributed by atoms with E-state index in [0.29, 0.717) is 0 Å². The minimum Gasteiger partial charge on any atom is -0.358 e. The van der Waals surface area contributed by atoms with Gasteiger partial charge in [-0.05, 0) is 44.1 Å². The van der Waals surface area contributed by atoms with Crippen molar-refractivity contribution >= 4 is 40.0 Å². The molecule has 0 aromatic carbocycles. The fourth-order valence-electron chi connectivity index (χ4n) is 0.919. The minimum absolute atomic E-state index is 0.0681. The van der Waals surface area contributed by atoms with Crippen LogP contribution in [0.1, 0.15) is 17.7 Å². The van der Waals surface area contributed by atoms with Crippen LogP contribution in [0.15, 0.2) is 6.07 Å². The summed E-state index contributed by atoms with van der Waals surface area (Å²) in [6.07, 6.45) is -2.84. The average molecular weight is 348 g/mol. The molecule has 0 aliphatic heterocycles. The van der Waals surface area contributed by atoms with Crippen LogP contribution in [0.4, 0.5) is 14.6 Å². The van der Waals surface area contributed by atoms with Gasteiger partial charge in [-0.1, -0.05) is 0 Å². The lowest BCUT2D eigenvalue weighted by molar-refractivity contribution is -0.390. The zero-order valence-corrected chi connectivity index (χ0v) is 10.00. The third-order valence-electron chi connectivity index (χ3n) is 1.58. The fraction of sp³-hybridized carbons (Fsp3) is 0.286. The van der Waals surface area contributed by atoms with E-state index in [1.165, 1.54) is 0 Å². The highest BCUT2D eigenvalue weighted by molar-refractivity contribution is 14.1. The molecule has 1 aromatic rings. The van der Waals surface area contributed by atoms with Crippen molar-refractivity contribution in [2.45, 2.75) is 12.3 Å². The molecule has 0 saturated heterocycles. The number of nitro groups is 1. The summed E-state index contributed by atoms with van der Waals surface area (Å²) in [6.45, 7) is 0. The Balaban J connectivity index is 3.38. The molecule has 0 aliphatic carbocycles. The third kappa shape index (κ3) is 2.71. The van der Waals surface area contributed by atoms with Crippen LogP contribution >= 0.6 is 34.2 Å². The zero-order chi connectivity index (χ0) is 11.6. The van der Waals surface area contributed by atoms with E-state index in [0.717, 1.165) is 6.07 Å². The van der Waals surface area contributed by atoms with Gasteiger partial charge in [0, 0.05) is 5.88 Å². The first-order valence-corrected chi connectivity index (χ1v) is 5.26. The van der Waals surface area contributed by atoms with Crippen LogP contribution in [0.2, 0.25) is 0 Å². The Labute approximate surface area is 102 Å². The van der Waals surface area contributed by atoms with Crippen molar-refractivity contribution in [3.05, 3.63) is 31.0 Å². The topological polar surface area (TPSA) is 56.0 Å².